The van der Waals surface area contributed by atoms with Crippen LogP contribution in [-0.4, -0.2) is 43.6 Å². The molecular weight excluding hydrogens is 419 g/mol. The van der Waals surface area contributed by atoms with E-state index in [1.807, 2.05) is 18.4 Å². The largest absolute Gasteiger partial charge is 0.354 e. The summed E-state index contributed by atoms with van der Waals surface area (Å²) in [4.78, 5) is 8.43. The standard InChI is InChI=1S/C17H26N4S.HI/c1-18-17(20-14-7-2-3-8-14)19-13-15(16-9-6-12-22-16)21-10-4-5-11-21;/h2-3,6,9,12,14-15H,4-5,7-8,10-11,13H2,1H3,(H2,18,19,20);1H. The van der Waals surface area contributed by atoms with E-state index in [4.69, 9.17) is 0 Å². The van der Waals surface area contributed by atoms with Crippen molar-refractivity contribution in [3.63, 3.8) is 0 Å². The molecule has 6 heteroatoms. The summed E-state index contributed by atoms with van der Waals surface area (Å²) in [6, 6.07) is 5.37. The summed E-state index contributed by atoms with van der Waals surface area (Å²) in [6.07, 6.45) is 9.32. The highest BCUT2D eigenvalue weighted by molar-refractivity contribution is 14.0. The van der Waals surface area contributed by atoms with Crippen LogP contribution in [0.3, 0.4) is 0 Å². The van der Waals surface area contributed by atoms with Crippen LogP contribution in [0.25, 0.3) is 0 Å². The average molecular weight is 446 g/mol. The third-order valence-corrected chi connectivity index (χ3v) is 5.46. The van der Waals surface area contributed by atoms with Crippen LogP contribution < -0.4 is 10.6 Å². The van der Waals surface area contributed by atoms with Gasteiger partial charge >= 0.3 is 0 Å². The van der Waals surface area contributed by atoms with E-state index >= 15 is 0 Å². The molecule has 0 spiro atoms. The lowest BCUT2D eigenvalue weighted by atomic mass is 10.2. The van der Waals surface area contributed by atoms with E-state index in [0.29, 0.717) is 12.1 Å². The van der Waals surface area contributed by atoms with Crippen molar-refractivity contribution in [3.05, 3.63) is 34.5 Å². The monoisotopic (exact) mass is 446 g/mol. The van der Waals surface area contributed by atoms with Gasteiger partial charge in [0.05, 0.1) is 6.04 Å². The van der Waals surface area contributed by atoms with Gasteiger partial charge in [-0.05, 0) is 50.2 Å². The van der Waals surface area contributed by atoms with Gasteiger partial charge in [0.25, 0.3) is 0 Å². The molecule has 0 aromatic carbocycles. The van der Waals surface area contributed by atoms with Gasteiger partial charge in [0.2, 0.25) is 0 Å². The molecule has 1 atom stereocenters. The Morgan fingerprint density at radius 2 is 2.09 bits per heavy atom. The van der Waals surface area contributed by atoms with Crippen molar-refractivity contribution in [2.75, 3.05) is 26.7 Å². The zero-order valence-electron chi connectivity index (χ0n) is 13.7. The zero-order chi connectivity index (χ0) is 15.2. The second-order valence-electron chi connectivity index (χ2n) is 6.01. The molecule has 1 aliphatic heterocycles. The maximum atomic E-state index is 4.38. The lowest BCUT2D eigenvalue weighted by Gasteiger charge is -2.28. The summed E-state index contributed by atoms with van der Waals surface area (Å²) in [7, 11) is 1.85. The van der Waals surface area contributed by atoms with Gasteiger partial charge in [-0.1, -0.05) is 18.2 Å². The number of halogens is 1. The highest BCUT2D eigenvalue weighted by Gasteiger charge is 2.24. The van der Waals surface area contributed by atoms with E-state index in [1.165, 1.54) is 30.8 Å². The number of thiophene rings is 1. The fourth-order valence-corrected chi connectivity index (χ4v) is 4.12. The highest BCUT2D eigenvalue weighted by Crippen LogP contribution is 2.27. The Balaban J connectivity index is 0.00000192. The van der Waals surface area contributed by atoms with Gasteiger partial charge in [-0.3, -0.25) is 9.89 Å². The molecule has 1 fully saturated rings. The predicted octanol–water partition coefficient (Wildman–Crippen LogP) is 3.39. The third-order valence-electron chi connectivity index (χ3n) is 4.49. The second-order valence-corrected chi connectivity index (χ2v) is 6.99. The molecule has 2 heterocycles. The number of nitrogens with zero attached hydrogens (tertiary/aromatic N) is 2. The summed E-state index contributed by atoms with van der Waals surface area (Å²) in [5, 5.41) is 9.23. The van der Waals surface area contributed by atoms with Crippen LogP contribution in [-0.2, 0) is 0 Å². The zero-order valence-corrected chi connectivity index (χ0v) is 16.8. The van der Waals surface area contributed by atoms with Gasteiger partial charge in [0.15, 0.2) is 5.96 Å². The Bertz CT molecular complexity index is 501. The Morgan fingerprint density at radius 3 is 2.70 bits per heavy atom. The van der Waals surface area contributed by atoms with Gasteiger partial charge in [0.1, 0.15) is 0 Å². The first-order chi connectivity index (χ1) is 10.9. The van der Waals surface area contributed by atoms with Crippen LogP contribution >= 0.6 is 35.3 Å². The number of guanidine groups is 1. The number of aliphatic imine (C=N–C) groups is 1. The summed E-state index contributed by atoms with van der Waals surface area (Å²) >= 11 is 1.86. The Labute approximate surface area is 160 Å². The van der Waals surface area contributed by atoms with E-state index in [-0.39, 0.29) is 24.0 Å². The molecular formula is C17H27IN4S. The van der Waals surface area contributed by atoms with Gasteiger partial charge < -0.3 is 10.6 Å². The van der Waals surface area contributed by atoms with Crippen molar-refractivity contribution in [3.8, 4) is 0 Å². The SMILES string of the molecule is CN=C(NCC(c1cccs1)N1CCCC1)NC1CC=CC1.I. The first kappa shape index (κ1) is 18.7. The minimum Gasteiger partial charge on any atom is -0.354 e. The van der Waals surface area contributed by atoms with Crippen molar-refractivity contribution in [2.24, 2.45) is 4.99 Å². The quantitative estimate of drug-likeness (QED) is 0.315. The minimum atomic E-state index is 0. The summed E-state index contributed by atoms with van der Waals surface area (Å²) in [6.45, 7) is 3.34. The topological polar surface area (TPSA) is 39.7 Å². The maximum Gasteiger partial charge on any atom is 0.191 e. The van der Waals surface area contributed by atoms with E-state index in [2.05, 4.69) is 50.2 Å². The Kier molecular flexibility index (Phi) is 7.85. The van der Waals surface area contributed by atoms with Gasteiger partial charge in [-0.25, -0.2) is 0 Å². The van der Waals surface area contributed by atoms with Gasteiger partial charge in [0, 0.05) is 24.5 Å². The Morgan fingerprint density at radius 1 is 1.35 bits per heavy atom. The molecule has 128 valence electrons. The van der Waals surface area contributed by atoms with Crippen LogP contribution in [0.4, 0.5) is 0 Å². The van der Waals surface area contributed by atoms with Gasteiger partial charge in [-0.15, -0.1) is 35.3 Å². The fraction of sp³-hybridized carbons (Fsp3) is 0.588. The molecule has 4 nitrogen and oxygen atoms in total. The smallest absolute Gasteiger partial charge is 0.191 e. The fourth-order valence-electron chi connectivity index (χ4n) is 3.26. The summed E-state index contributed by atoms with van der Waals surface area (Å²) in [5.41, 5.74) is 0. The van der Waals surface area contributed by atoms with E-state index < -0.39 is 0 Å². The molecule has 1 aromatic heterocycles. The van der Waals surface area contributed by atoms with Gasteiger partial charge in [-0.2, -0.15) is 0 Å². The van der Waals surface area contributed by atoms with Crippen molar-refractivity contribution in [1.29, 1.82) is 0 Å². The molecule has 23 heavy (non-hydrogen) atoms. The lowest BCUT2D eigenvalue weighted by Crippen LogP contribution is -2.45. The van der Waals surface area contributed by atoms with Crippen molar-refractivity contribution in [1.82, 2.24) is 15.5 Å². The molecule has 0 amide bonds. The van der Waals surface area contributed by atoms with Crippen LogP contribution in [0.15, 0.2) is 34.7 Å². The summed E-state index contributed by atoms with van der Waals surface area (Å²) in [5.74, 6) is 0.925. The van der Waals surface area contributed by atoms with Crippen LogP contribution in [0.5, 0.6) is 0 Å². The highest BCUT2D eigenvalue weighted by atomic mass is 127. The van der Waals surface area contributed by atoms with E-state index in [9.17, 15) is 0 Å². The number of hydrogen-bond acceptors (Lipinski definition) is 3. The molecule has 1 unspecified atom stereocenters. The van der Waals surface area contributed by atoms with Crippen molar-refractivity contribution < 1.29 is 0 Å². The molecule has 2 N–H and O–H groups in total. The normalized spacial score (nSPS) is 20.5. The lowest BCUT2D eigenvalue weighted by molar-refractivity contribution is 0.249. The molecule has 0 saturated carbocycles. The van der Waals surface area contributed by atoms with Crippen molar-refractivity contribution >= 4 is 41.3 Å². The molecule has 3 rings (SSSR count). The number of rotatable bonds is 5. The number of likely N-dealkylation sites (tertiary alicyclic amines) is 1. The molecule has 1 aliphatic carbocycles. The van der Waals surface area contributed by atoms with Crippen molar-refractivity contribution in [2.45, 2.75) is 37.8 Å². The van der Waals surface area contributed by atoms with Crippen LogP contribution in [0.2, 0.25) is 0 Å². The Hall–Kier alpha value is -0.600. The van der Waals surface area contributed by atoms with E-state index in [0.717, 1.165) is 25.3 Å². The minimum absolute atomic E-state index is 0. The van der Waals surface area contributed by atoms with Crippen LogP contribution in [0, 0.1) is 0 Å². The molecule has 2 aliphatic rings. The van der Waals surface area contributed by atoms with Crippen LogP contribution in [0.1, 0.15) is 36.6 Å². The predicted molar refractivity (Wildman–Crippen MR) is 110 cm³/mol. The number of nitrogens with one attached hydrogen (secondary N) is 2. The second kappa shape index (κ2) is 9.64. The summed E-state index contributed by atoms with van der Waals surface area (Å²) < 4.78 is 0. The molecule has 0 radical (unpaired) electrons. The number of hydrogen-bond donors (Lipinski definition) is 2. The molecule has 0 bridgehead atoms. The first-order valence-electron chi connectivity index (χ1n) is 8.26. The molecule has 1 aromatic rings. The maximum absolute atomic E-state index is 4.38. The van der Waals surface area contributed by atoms with E-state index in [1.54, 1.807) is 0 Å². The average Bonchev–Trinajstić information content (AvgIpc) is 3.29. The first-order valence-corrected chi connectivity index (χ1v) is 9.14. The molecule has 1 saturated heterocycles. The third kappa shape index (κ3) is 5.19.